The summed E-state index contributed by atoms with van der Waals surface area (Å²) in [5, 5.41) is 11.6. The summed E-state index contributed by atoms with van der Waals surface area (Å²) in [4.78, 5) is 23.2. The van der Waals surface area contributed by atoms with E-state index < -0.39 is 12.0 Å². The average molecular weight is 281 g/mol. The molecule has 1 aromatic carbocycles. The standard InChI is InChI=1S/C14H19NO3S/c1-8-5-9(2)7-11(6-8)12(14(17)18)15-13(16)10(3)19-4/h5-7,10,12H,1-4H3,(H,15,16)(H,17,18). The van der Waals surface area contributed by atoms with Crippen LogP contribution in [0.1, 0.15) is 29.7 Å². The molecule has 0 spiro atoms. The Labute approximate surface area is 117 Å². The van der Waals surface area contributed by atoms with Gasteiger partial charge >= 0.3 is 5.97 Å². The second kappa shape index (κ2) is 6.61. The normalized spacial score (nSPS) is 13.7. The van der Waals surface area contributed by atoms with E-state index in [1.165, 1.54) is 11.8 Å². The van der Waals surface area contributed by atoms with Crippen LogP contribution in [0.2, 0.25) is 0 Å². The quantitative estimate of drug-likeness (QED) is 0.869. The van der Waals surface area contributed by atoms with Crippen molar-refractivity contribution in [3.05, 3.63) is 34.9 Å². The molecule has 2 N–H and O–H groups in total. The fraction of sp³-hybridized carbons (Fsp3) is 0.429. The van der Waals surface area contributed by atoms with E-state index in [1.54, 1.807) is 19.1 Å². The maximum atomic E-state index is 11.8. The lowest BCUT2D eigenvalue weighted by Crippen LogP contribution is -2.38. The molecular formula is C14H19NO3S. The van der Waals surface area contributed by atoms with Crippen molar-refractivity contribution in [3.8, 4) is 0 Å². The molecule has 104 valence electrons. The molecule has 1 aromatic rings. The Morgan fingerprint density at radius 3 is 2.16 bits per heavy atom. The lowest BCUT2D eigenvalue weighted by Gasteiger charge is -2.18. The van der Waals surface area contributed by atoms with Gasteiger partial charge < -0.3 is 10.4 Å². The summed E-state index contributed by atoms with van der Waals surface area (Å²) in [5.74, 6) is -1.31. The molecule has 19 heavy (non-hydrogen) atoms. The van der Waals surface area contributed by atoms with Gasteiger partial charge in [0.2, 0.25) is 5.91 Å². The van der Waals surface area contributed by atoms with Gasteiger partial charge in [0.25, 0.3) is 0 Å². The summed E-state index contributed by atoms with van der Waals surface area (Å²) in [6.07, 6.45) is 1.82. The van der Waals surface area contributed by atoms with Gasteiger partial charge in [-0.2, -0.15) is 11.8 Å². The number of aryl methyl sites for hydroxylation is 2. The van der Waals surface area contributed by atoms with Crippen LogP contribution in [0.25, 0.3) is 0 Å². The average Bonchev–Trinajstić information content (AvgIpc) is 2.32. The van der Waals surface area contributed by atoms with Crippen LogP contribution < -0.4 is 5.32 Å². The molecule has 0 radical (unpaired) electrons. The summed E-state index contributed by atoms with van der Waals surface area (Å²) in [6, 6.07) is 4.54. The van der Waals surface area contributed by atoms with Gasteiger partial charge in [0.1, 0.15) is 0 Å². The number of carboxylic acid groups (broad SMARTS) is 1. The molecule has 1 amide bonds. The SMILES string of the molecule is CSC(C)C(=O)NC(C(=O)O)c1cc(C)cc(C)c1. The van der Waals surface area contributed by atoms with E-state index >= 15 is 0 Å². The summed E-state index contributed by atoms with van der Waals surface area (Å²) < 4.78 is 0. The molecule has 0 aliphatic rings. The largest absolute Gasteiger partial charge is 0.479 e. The summed E-state index contributed by atoms with van der Waals surface area (Å²) >= 11 is 1.38. The Kier molecular flexibility index (Phi) is 5.42. The Hall–Kier alpha value is -1.49. The Balaban J connectivity index is 3.01. The Bertz CT molecular complexity index is 467. The molecule has 0 saturated heterocycles. The molecule has 0 aromatic heterocycles. The molecule has 2 atom stereocenters. The monoisotopic (exact) mass is 281 g/mol. The predicted molar refractivity (Wildman–Crippen MR) is 77.4 cm³/mol. The van der Waals surface area contributed by atoms with Crippen molar-refractivity contribution < 1.29 is 14.7 Å². The van der Waals surface area contributed by atoms with Gasteiger partial charge in [0.15, 0.2) is 6.04 Å². The molecule has 5 heteroatoms. The lowest BCUT2D eigenvalue weighted by molar-refractivity contribution is -0.141. The van der Waals surface area contributed by atoms with Gasteiger partial charge in [-0.25, -0.2) is 4.79 Å². The Morgan fingerprint density at radius 1 is 1.21 bits per heavy atom. The third-order valence-corrected chi connectivity index (χ3v) is 3.75. The fourth-order valence-electron chi connectivity index (χ4n) is 1.83. The van der Waals surface area contributed by atoms with E-state index in [0.717, 1.165) is 11.1 Å². The number of aliphatic carboxylic acids is 1. The zero-order valence-electron chi connectivity index (χ0n) is 11.6. The minimum absolute atomic E-state index is 0.265. The van der Waals surface area contributed by atoms with Gasteiger partial charge in [0, 0.05) is 0 Å². The summed E-state index contributed by atoms with van der Waals surface area (Å²) in [5.41, 5.74) is 2.56. The number of thioether (sulfide) groups is 1. The van der Waals surface area contributed by atoms with E-state index in [1.807, 2.05) is 26.2 Å². The minimum atomic E-state index is -1.05. The van der Waals surface area contributed by atoms with Crippen molar-refractivity contribution in [1.82, 2.24) is 5.32 Å². The van der Waals surface area contributed by atoms with Crippen molar-refractivity contribution in [1.29, 1.82) is 0 Å². The van der Waals surface area contributed by atoms with Crippen LogP contribution in [0, 0.1) is 13.8 Å². The van der Waals surface area contributed by atoms with E-state index in [2.05, 4.69) is 5.32 Å². The highest BCUT2D eigenvalue weighted by atomic mass is 32.2. The third-order valence-electron chi connectivity index (χ3n) is 2.83. The van der Waals surface area contributed by atoms with E-state index in [9.17, 15) is 14.7 Å². The minimum Gasteiger partial charge on any atom is -0.479 e. The topological polar surface area (TPSA) is 66.4 Å². The molecule has 0 heterocycles. The molecule has 0 bridgehead atoms. The van der Waals surface area contributed by atoms with Crippen molar-refractivity contribution in [2.45, 2.75) is 32.1 Å². The number of hydrogen-bond donors (Lipinski definition) is 2. The van der Waals surface area contributed by atoms with E-state index in [4.69, 9.17) is 0 Å². The number of carbonyl (C=O) groups is 2. The van der Waals surface area contributed by atoms with Gasteiger partial charge in [-0.1, -0.05) is 29.3 Å². The molecule has 0 aliphatic carbocycles. The van der Waals surface area contributed by atoms with Gasteiger partial charge in [-0.15, -0.1) is 0 Å². The third kappa shape index (κ3) is 4.28. The van der Waals surface area contributed by atoms with Crippen LogP contribution in [0.15, 0.2) is 18.2 Å². The lowest BCUT2D eigenvalue weighted by atomic mass is 10.0. The number of nitrogens with one attached hydrogen (secondary N) is 1. The van der Waals surface area contributed by atoms with Crippen LogP contribution >= 0.6 is 11.8 Å². The highest BCUT2D eigenvalue weighted by molar-refractivity contribution is 7.99. The zero-order valence-corrected chi connectivity index (χ0v) is 12.4. The molecule has 0 saturated carbocycles. The van der Waals surface area contributed by atoms with Crippen LogP contribution in [-0.2, 0) is 9.59 Å². The van der Waals surface area contributed by atoms with Crippen LogP contribution in [0.5, 0.6) is 0 Å². The zero-order chi connectivity index (χ0) is 14.6. The summed E-state index contributed by atoms with van der Waals surface area (Å²) in [7, 11) is 0. The maximum Gasteiger partial charge on any atom is 0.330 e. The van der Waals surface area contributed by atoms with Gasteiger partial charge in [0.05, 0.1) is 5.25 Å². The number of rotatable bonds is 5. The first-order chi connectivity index (χ1) is 8.85. The first kappa shape index (κ1) is 15.6. The number of benzene rings is 1. The smallest absolute Gasteiger partial charge is 0.330 e. The highest BCUT2D eigenvalue weighted by Crippen LogP contribution is 2.18. The second-order valence-corrected chi connectivity index (χ2v) is 5.76. The highest BCUT2D eigenvalue weighted by Gasteiger charge is 2.24. The molecule has 0 fully saturated rings. The van der Waals surface area contributed by atoms with Crippen LogP contribution in [0.3, 0.4) is 0 Å². The molecular weight excluding hydrogens is 262 g/mol. The van der Waals surface area contributed by atoms with Gasteiger partial charge in [-0.05, 0) is 32.6 Å². The predicted octanol–water partition coefficient (Wildman–Crippen LogP) is 2.30. The first-order valence-corrected chi connectivity index (χ1v) is 7.28. The van der Waals surface area contributed by atoms with Crippen molar-refractivity contribution >= 4 is 23.6 Å². The number of amides is 1. The number of hydrogen-bond acceptors (Lipinski definition) is 3. The van der Waals surface area contributed by atoms with Crippen LogP contribution in [-0.4, -0.2) is 28.5 Å². The molecule has 4 nitrogen and oxygen atoms in total. The first-order valence-electron chi connectivity index (χ1n) is 5.99. The molecule has 1 rings (SSSR count). The molecule has 2 unspecified atom stereocenters. The Morgan fingerprint density at radius 2 is 1.74 bits per heavy atom. The number of carboxylic acids is 1. The van der Waals surface area contributed by atoms with Crippen molar-refractivity contribution in [2.75, 3.05) is 6.26 Å². The van der Waals surface area contributed by atoms with Crippen LogP contribution in [0.4, 0.5) is 0 Å². The number of carbonyl (C=O) groups excluding carboxylic acids is 1. The van der Waals surface area contributed by atoms with Crippen molar-refractivity contribution in [2.24, 2.45) is 0 Å². The van der Waals surface area contributed by atoms with Gasteiger partial charge in [-0.3, -0.25) is 4.79 Å². The fourth-order valence-corrected chi connectivity index (χ4v) is 2.11. The molecule has 0 aliphatic heterocycles. The van der Waals surface area contributed by atoms with E-state index in [-0.39, 0.29) is 11.2 Å². The van der Waals surface area contributed by atoms with E-state index in [0.29, 0.717) is 5.56 Å². The second-order valence-electron chi connectivity index (χ2n) is 4.58. The summed E-state index contributed by atoms with van der Waals surface area (Å²) in [6.45, 7) is 5.56. The van der Waals surface area contributed by atoms with Crippen molar-refractivity contribution in [3.63, 3.8) is 0 Å². The maximum absolute atomic E-state index is 11.8.